The lowest BCUT2D eigenvalue weighted by Crippen LogP contribution is -2.18. The van der Waals surface area contributed by atoms with Crippen LogP contribution >= 0.6 is 0 Å². The van der Waals surface area contributed by atoms with Crippen molar-refractivity contribution in [3.63, 3.8) is 0 Å². The van der Waals surface area contributed by atoms with Crippen molar-refractivity contribution in [2.24, 2.45) is 0 Å². The van der Waals surface area contributed by atoms with E-state index in [9.17, 15) is 0 Å². The first kappa shape index (κ1) is 13.5. The van der Waals surface area contributed by atoms with Gasteiger partial charge in [-0.3, -0.25) is 4.90 Å². The standard InChI is InChI=1S/C20H17NO3/c1-13-12-18-20(23-13)21(15-8-2-3-10-17(15)24-18)16-9-4-6-14-7-5-11-22-19(14)16/h2-4,6,8-10,12H,5,7,11H2,1H3. The number of fused-ring (bicyclic) bond motifs is 3. The van der Waals surface area contributed by atoms with Gasteiger partial charge in [-0.25, -0.2) is 0 Å². The second-order valence-electron chi connectivity index (χ2n) is 6.15. The minimum Gasteiger partial charge on any atom is -0.491 e. The third-order valence-corrected chi connectivity index (χ3v) is 4.49. The van der Waals surface area contributed by atoms with Crippen molar-refractivity contribution >= 4 is 17.3 Å². The smallest absolute Gasteiger partial charge is 0.248 e. The summed E-state index contributed by atoms with van der Waals surface area (Å²) in [5, 5.41) is 0. The molecule has 0 N–H and O–H groups in total. The van der Waals surface area contributed by atoms with Crippen molar-refractivity contribution in [1.82, 2.24) is 0 Å². The SMILES string of the molecule is Cc1cc2c(o1)N(c1cccc3c1OCCC3)c1ccccc1O2. The van der Waals surface area contributed by atoms with Crippen LogP contribution in [-0.4, -0.2) is 6.61 Å². The van der Waals surface area contributed by atoms with Gasteiger partial charge < -0.3 is 13.9 Å². The number of ether oxygens (including phenoxy) is 2. The Morgan fingerprint density at radius 2 is 1.83 bits per heavy atom. The van der Waals surface area contributed by atoms with Crippen LogP contribution in [0.2, 0.25) is 0 Å². The van der Waals surface area contributed by atoms with E-state index in [0.717, 1.165) is 53.8 Å². The zero-order valence-electron chi connectivity index (χ0n) is 13.4. The van der Waals surface area contributed by atoms with E-state index in [4.69, 9.17) is 13.9 Å². The summed E-state index contributed by atoms with van der Waals surface area (Å²) in [5.41, 5.74) is 3.20. The second kappa shape index (κ2) is 5.06. The van der Waals surface area contributed by atoms with E-state index in [1.807, 2.05) is 37.3 Å². The lowest BCUT2D eigenvalue weighted by atomic mass is 10.0. The Morgan fingerprint density at radius 3 is 2.79 bits per heavy atom. The van der Waals surface area contributed by atoms with Crippen molar-refractivity contribution in [3.05, 3.63) is 59.9 Å². The molecule has 2 aliphatic heterocycles. The Hall–Kier alpha value is -2.88. The molecule has 2 aliphatic rings. The zero-order valence-corrected chi connectivity index (χ0v) is 13.4. The fraction of sp³-hybridized carbons (Fsp3) is 0.200. The lowest BCUT2D eigenvalue weighted by Gasteiger charge is -2.32. The van der Waals surface area contributed by atoms with E-state index in [2.05, 4.69) is 23.1 Å². The molecule has 4 nitrogen and oxygen atoms in total. The molecular formula is C20H17NO3. The van der Waals surface area contributed by atoms with E-state index in [0.29, 0.717) is 5.88 Å². The molecular weight excluding hydrogens is 302 g/mol. The first-order valence-electron chi connectivity index (χ1n) is 8.23. The number of nitrogens with zero attached hydrogens (tertiary/aromatic N) is 1. The highest BCUT2D eigenvalue weighted by molar-refractivity contribution is 5.86. The van der Waals surface area contributed by atoms with Gasteiger partial charge in [0.1, 0.15) is 11.5 Å². The van der Waals surface area contributed by atoms with Gasteiger partial charge >= 0.3 is 0 Å². The molecule has 0 unspecified atom stereocenters. The summed E-state index contributed by atoms with van der Waals surface area (Å²) in [7, 11) is 0. The van der Waals surface area contributed by atoms with Gasteiger partial charge in [-0.2, -0.15) is 0 Å². The third kappa shape index (κ3) is 1.92. The summed E-state index contributed by atoms with van der Waals surface area (Å²) in [5.74, 6) is 4.02. The molecule has 5 rings (SSSR count). The largest absolute Gasteiger partial charge is 0.491 e. The fourth-order valence-corrected chi connectivity index (χ4v) is 3.45. The van der Waals surface area contributed by atoms with Crippen LogP contribution in [-0.2, 0) is 6.42 Å². The highest BCUT2D eigenvalue weighted by atomic mass is 16.5. The summed E-state index contributed by atoms with van der Waals surface area (Å²) in [6.07, 6.45) is 2.10. The van der Waals surface area contributed by atoms with Gasteiger partial charge in [0, 0.05) is 6.07 Å². The third-order valence-electron chi connectivity index (χ3n) is 4.49. The van der Waals surface area contributed by atoms with Gasteiger partial charge in [0.15, 0.2) is 11.5 Å². The normalized spacial score (nSPS) is 15.0. The van der Waals surface area contributed by atoms with Gasteiger partial charge in [0.25, 0.3) is 0 Å². The first-order chi connectivity index (χ1) is 11.8. The molecule has 3 aromatic rings. The average molecular weight is 319 g/mol. The number of furan rings is 1. The zero-order chi connectivity index (χ0) is 16.1. The van der Waals surface area contributed by atoms with E-state index in [1.165, 1.54) is 5.56 Å². The molecule has 0 bridgehead atoms. The maximum Gasteiger partial charge on any atom is 0.248 e. The molecule has 4 heteroatoms. The topological polar surface area (TPSA) is 34.8 Å². The van der Waals surface area contributed by atoms with E-state index < -0.39 is 0 Å². The number of para-hydroxylation sites is 3. The van der Waals surface area contributed by atoms with Gasteiger partial charge in [-0.1, -0.05) is 24.3 Å². The quantitative estimate of drug-likeness (QED) is 0.465. The van der Waals surface area contributed by atoms with Crippen LogP contribution in [0.1, 0.15) is 17.7 Å². The average Bonchev–Trinajstić information content (AvgIpc) is 2.99. The molecule has 2 aromatic carbocycles. The van der Waals surface area contributed by atoms with Crippen LogP contribution in [0.5, 0.6) is 17.2 Å². The number of benzene rings is 2. The summed E-state index contributed by atoms with van der Waals surface area (Å²) in [6.45, 7) is 2.68. The van der Waals surface area contributed by atoms with Gasteiger partial charge in [-0.05, 0) is 43.5 Å². The number of hydrogen-bond acceptors (Lipinski definition) is 4. The predicted molar refractivity (Wildman–Crippen MR) is 92.0 cm³/mol. The van der Waals surface area contributed by atoms with Crippen LogP contribution in [0.25, 0.3) is 0 Å². The number of hydrogen-bond donors (Lipinski definition) is 0. The van der Waals surface area contributed by atoms with Crippen LogP contribution in [0.15, 0.2) is 52.9 Å². The molecule has 24 heavy (non-hydrogen) atoms. The molecule has 0 radical (unpaired) electrons. The highest BCUT2D eigenvalue weighted by Crippen LogP contribution is 2.54. The molecule has 0 atom stereocenters. The Balaban J connectivity index is 1.77. The minimum atomic E-state index is 0.703. The Labute approximate surface area is 140 Å². The van der Waals surface area contributed by atoms with Gasteiger partial charge in [-0.15, -0.1) is 0 Å². The molecule has 1 aromatic heterocycles. The maximum absolute atomic E-state index is 6.02. The molecule has 0 amide bonds. The summed E-state index contributed by atoms with van der Waals surface area (Å²) >= 11 is 0. The molecule has 0 fully saturated rings. The monoisotopic (exact) mass is 319 g/mol. The van der Waals surface area contributed by atoms with Crippen molar-refractivity contribution < 1.29 is 13.9 Å². The molecule has 0 aliphatic carbocycles. The number of aryl methyl sites for hydroxylation is 2. The highest BCUT2D eigenvalue weighted by Gasteiger charge is 2.32. The van der Waals surface area contributed by atoms with Crippen molar-refractivity contribution in [2.45, 2.75) is 19.8 Å². The van der Waals surface area contributed by atoms with Crippen LogP contribution in [0.4, 0.5) is 17.3 Å². The summed E-state index contributed by atoms with van der Waals surface area (Å²) in [6, 6.07) is 16.2. The lowest BCUT2D eigenvalue weighted by molar-refractivity contribution is 0.289. The summed E-state index contributed by atoms with van der Waals surface area (Å²) < 4.78 is 18.0. The van der Waals surface area contributed by atoms with E-state index >= 15 is 0 Å². The van der Waals surface area contributed by atoms with E-state index in [1.54, 1.807) is 0 Å². The predicted octanol–water partition coefficient (Wildman–Crippen LogP) is 5.49. The number of rotatable bonds is 1. The van der Waals surface area contributed by atoms with Gasteiger partial charge in [0.2, 0.25) is 5.88 Å². The van der Waals surface area contributed by atoms with E-state index in [-0.39, 0.29) is 0 Å². The second-order valence-corrected chi connectivity index (χ2v) is 6.15. The van der Waals surface area contributed by atoms with Crippen molar-refractivity contribution in [3.8, 4) is 17.2 Å². The fourth-order valence-electron chi connectivity index (χ4n) is 3.45. The Morgan fingerprint density at radius 1 is 0.958 bits per heavy atom. The molecule has 3 heterocycles. The van der Waals surface area contributed by atoms with Crippen LogP contribution in [0.3, 0.4) is 0 Å². The minimum absolute atomic E-state index is 0.703. The molecule has 0 spiro atoms. The number of anilines is 3. The molecule has 0 saturated carbocycles. The Kier molecular flexibility index (Phi) is 2.86. The van der Waals surface area contributed by atoms with Crippen molar-refractivity contribution in [2.75, 3.05) is 11.5 Å². The molecule has 0 saturated heterocycles. The van der Waals surface area contributed by atoms with Gasteiger partial charge in [0.05, 0.1) is 18.0 Å². The Bertz CT molecular complexity index is 928. The first-order valence-corrected chi connectivity index (χ1v) is 8.23. The van der Waals surface area contributed by atoms with Crippen LogP contribution < -0.4 is 14.4 Å². The summed E-state index contributed by atoms with van der Waals surface area (Å²) in [4.78, 5) is 2.10. The van der Waals surface area contributed by atoms with Crippen LogP contribution in [0, 0.1) is 6.92 Å². The van der Waals surface area contributed by atoms with Crippen molar-refractivity contribution in [1.29, 1.82) is 0 Å². The molecule has 120 valence electrons. The maximum atomic E-state index is 6.02.